The van der Waals surface area contributed by atoms with Crippen LogP contribution in [0.25, 0.3) is 5.82 Å². The lowest BCUT2D eigenvalue weighted by atomic mass is 9.87. The number of rotatable bonds is 10. The molecule has 23 heteroatoms. The van der Waals surface area contributed by atoms with Crippen LogP contribution in [-0.4, -0.2) is 77.9 Å². The van der Waals surface area contributed by atoms with E-state index in [2.05, 4.69) is 117 Å². The highest BCUT2D eigenvalue weighted by Crippen LogP contribution is 2.29. The van der Waals surface area contributed by atoms with Crippen molar-refractivity contribution >= 4 is 81.9 Å². The molecule has 1 aliphatic carbocycles. The van der Waals surface area contributed by atoms with Crippen LogP contribution < -0.4 is 25.8 Å². The van der Waals surface area contributed by atoms with Crippen molar-refractivity contribution in [2.75, 3.05) is 29.3 Å². The van der Waals surface area contributed by atoms with Gasteiger partial charge in [-0.3, -0.25) is 24.7 Å². The molecule has 0 unspecified atom stereocenters. The fourth-order valence-electron chi connectivity index (χ4n) is 6.48. The molecule has 1 aliphatic rings. The first-order valence-electron chi connectivity index (χ1n) is 20.9. The number of benzene rings is 2. The van der Waals surface area contributed by atoms with Crippen molar-refractivity contribution in [1.29, 1.82) is 0 Å². The number of hydrogen-bond acceptors (Lipinski definition) is 13. The number of aromatic amines is 1. The highest BCUT2D eigenvalue weighted by molar-refractivity contribution is 9.10. The molecule has 378 valence electrons. The normalized spacial score (nSPS) is 14.7. The van der Waals surface area contributed by atoms with Gasteiger partial charge < -0.3 is 16.4 Å². The summed E-state index contributed by atoms with van der Waals surface area (Å²) in [4.78, 5) is 17.8. The number of hydrogen-bond donors (Lipinski definition) is 6. The molecular weight excluding hydrogens is 1030 g/mol. The van der Waals surface area contributed by atoms with Gasteiger partial charge in [-0.25, -0.2) is 31.5 Å². The zero-order valence-electron chi connectivity index (χ0n) is 38.4. The number of H-pyrrole nitrogens is 1. The van der Waals surface area contributed by atoms with Crippen molar-refractivity contribution in [3.05, 3.63) is 134 Å². The van der Waals surface area contributed by atoms with Crippen molar-refractivity contribution in [3.8, 4) is 5.82 Å². The Morgan fingerprint density at radius 3 is 1.58 bits per heavy atom. The van der Waals surface area contributed by atoms with Gasteiger partial charge in [0.05, 0.1) is 60.4 Å². The van der Waals surface area contributed by atoms with E-state index in [1.165, 1.54) is 73.5 Å². The summed E-state index contributed by atoms with van der Waals surface area (Å²) in [6.07, 6.45) is 13.6. The molecule has 4 aromatic heterocycles. The molecule has 18 nitrogen and oxygen atoms in total. The molecule has 4 heterocycles. The van der Waals surface area contributed by atoms with Gasteiger partial charge in [0.2, 0.25) is 0 Å². The number of nitrogens with one attached hydrogen (secondary N) is 5. The highest BCUT2D eigenvalue weighted by Gasteiger charge is 2.23. The minimum atomic E-state index is -3.84. The van der Waals surface area contributed by atoms with Crippen LogP contribution in [0, 0.1) is 10.1 Å². The molecule has 6 aromatic rings. The number of halogens is 3. The molecule has 0 bridgehead atoms. The maximum absolute atomic E-state index is 12.8. The molecule has 2 aromatic carbocycles. The summed E-state index contributed by atoms with van der Waals surface area (Å²) in [7, 11) is -3.42. The standard InChI is InChI=1S/C18H20ClN5O2S.C15H16BrClN2O2S.C8H18N2.C3H3N3O2.2CH4/c1-18(2,3)12-4-6-15(7-5-12)27(25,26)23-16-8-13(19)9-21-17(16)24-11-14(20)10-22-24;1-15(2,3)10-4-6-12(7-5-10)22(20,21)19-13-8-11(17)9-18-14(13)16;1-9-7-5-3-4-6-8(7)10-2;7-6(8)3-1-4-5-2-3;;/h4-11,23H,20H2,1-3H3;4-9,19H,1-3H3;7-10H,3-6H2,1-2H3;1-2H,(H,4,5);2*1H4/t;;7-,8-;;;/m..1.../s1. The Hall–Kier alpha value is -5.16. The van der Waals surface area contributed by atoms with Crippen LogP contribution >= 0.6 is 39.1 Å². The molecule has 1 saturated carbocycles. The minimum absolute atomic E-state index is 0. The van der Waals surface area contributed by atoms with Crippen LogP contribution in [0.1, 0.15) is 93.2 Å². The highest BCUT2D eigenvalue weighted by atomic mass is 79.9. The molecule has 0 aliphatic heterocycles. The first-order valence-corrected chi connectivity index (χ1v) is 25.4. The van der Waals surface area contributed by atoms with Gasteiger partial charge >= 0.3 is 5.69 Å². The van der Waals surface area contributed by atoms with E-state index in [9.17, 15) is 26.9 Å². The van der Waals surface area contributed by atoms with Crippen molar-refractivity contribution in [3.63, 3.8) is 0 Å². The average Bonchev–Trinajstić information content (AvgIpc) is 3.98. The number of sulfonamides is 2. The van der Waals surface area contributed by atoms with E-state index in [4.69, 9.17) is 28.9 Å². The lowest BCUT2D eigenvalue weighted by molar-refractivity contribution is -0.384. The van der Waals surface area contributed by atoms with Gasteiger partial charge in [-0.2, -0.15) is 10.2 Å². The van der Waals surface area contributed by atoms with Crippen LogP contribution in [0.2, 0.25) is 10.0 Å². The first kappa shape index (κ1) is 60.0. The van der Waals surface area contributed by atoms with E-state index in [-0.39, 0.29) is 52.7 Å². The van der Waals surface area contributed by atoms with Gasteiger partial charge in [-0.1, -0.05) is 117 Å². The summed E-state index contributed by atoms with van der Waals surface area (Å²) in [5, 5.41) is 26.9. The average molecular weight is 1100 g/mol. The zero-order chi connectivity index (χ0) is 49.7. The van der Waals surface area contributed by atoms with E-state index in [0.717, 1.165) is 17.3 Å². The van der Waals surface area contributed by atoms with E-state index in [1.807, 2.05) is 12.1 Å². The number of likely N-dealkylation sites (N-methyl/N-ethyl adjacent to an activating group) is 2. The maximum atomic E-state index is 12.8. The van der Waals surface area contributed by atoms with Crippen molar-refractivity contribution < 1.29 is 21.8 Å². The zero-order valence-corrected chi connectivity index (χ0v) is 43.1. The van der Waals surface area contributed by atoms with Crippen LogP contribution in [0.15, 0.2) is 112 Å². The molecule has 0 saturated heterocycles. The topological polar surface area (TPSA) is 258 Å². The second kappa shape index (κ2) is 26.2. The smallest absolute Gasteiger partial charge is 0.306 e. The van der Waals surface area contributed by atoms with E-state index >= 15 is 0 Å². The van der Waals surface area contributed by atoms with Crippen LogP contribution in [0.3, 0.4) is 0 Å². The van der Waals surface area contributed by atoms with E-state index < -0.39 is 25.0 Å². The molecule has 0 amide bonds. The quantitative estimate of drug-likeness (QED) is 0.0424. The molecule has 0 spiro atoms. The van der Waals surface area contributed by atoms with Gasteiger partial charge in [-0.15, -0.1) is 0 Å². The van der Waals surface area contributed by atoms with Gasteiger partial charge in [0.15, 0.2) is 5.82 Å². The number of anilines is 3. The van der Waals surface area contributed by atoms with Gasteiger partial charge in [0.1, 0.15) is 10.8 Å². The Morgan fingerprint density at radius 2 is 1.20 bits per heavy atom. The molecule has 7 rings (SSSR count). The number of nitrogens with two attached hydrogens (primary N) is 1. The summed E-state index contributed by atoms with van der Waals surface area (Å²) in [6, 6.07) is 18.0. The SMILES string of the molecule is C.C.CC(C)(C)c1ccc(S(=O)(=O)Nc2cc(Cl)cnc2-n2cc(N)cn2)cc1.CC(C)(C)c1ccc(S(=O)(=O)Nc2cc(Cl)cnc2Br)cc1.CN[C@@H]1CCCC[C@H]1NC.O=[N+]([O-])c1cn[nH]c1. The van der Waals surface area contributed by atoms with Gasteiger partial charge in [0, 0.05) is 24.5 Å². The lowest BCUT2D eigenvalue weighted by Gasteiger charge is -2.30. The molecule has 7 N–H and O–H groups in total. The third-order valence-electron chi connectivity index (χ3n) is 10.2. The fraction of sp³-hybridized carbons (Fsp3) is 0.391. The number of nitro groups is 1. The third-order valence-corrected chi connectivity index (χ3v) is 14.0. The Morgan fingerprint density at radius 1 is 0.754 bits per heavy atom. The Labute approximate surface area is 425 Å². The third kappa shape index (κ3) is 17.9. The minimum Gasteiger partial charge on any atom is -0.396 e. The predicted octanol–water partition coefficient (Wildman–Crippen LogP) is 10.5. The summed E-state index contributed by atoms with van der Waals surface area (Å²) in [5.41, 5.74) is 8.61. The number of aromatic nitrogens is 6. The Kier molecular flexibility index (Phi) is 22.7. The molecule has 69 heavy (non-hydrogen) atoms. The largest absolute Gasteiger partial charge is 0.396 e. The van der Waals surface area contributed by atoms with Crippen molar-refractivity contribution in [1.82, 2.24) is 40.6 Å². The van der Waals surface area contributed by atoms with E-state index in [1.54, 1.807) is 36.4 Å². The Bertz CT molecular complexity index is 2760. The summed E-state index contributed by atoms with van der Waals surface area (Å²) in [5.74, 6) is 0.269. The van der Waals surface area contributed by atoms with Gasteiger partial charge in [-0.05, 0) is 101 Å². The molecular formula is C46H65BrCl2N12O6S2. The first-order chi connectivity index (χ1) is 31.3. The maximum Gasteiger partial charge on any atom is 0.306 e. The van der Waals surface area contributed by atoms with Crippen LogP contribution in [-0.2, 0) is 30.9 Å². The Balaban J connectivity index is 0.000000345. The van der Waals surface area contributed by atoms with E-state index in [0.29, 0.717) is 38.1 Å². The summed E-state index contributed by atoms with van der Waals surface area (Å²) in [6.45, 7) is 12.4. The number of nitrogen functional groups attached to an aromatic ring is 1. The summed E-state index contributed by atoms with van der Waals surface area (Å²) < 4.78 is 57.3. The monoisotopic (exact) mass is 1090 g/mol. The fourth-order valence-corrected chi connectivity index (χ4v) is 9.35. The van der Waals surface area contributed by atoms with Gasteiger partial charge in [0.25, 0.3) is 20.0 Å². The number of pyridine rings is 2. The summed E-state index contributed by atoms with van der Waals surface area (Å²) >= 11 is 15.0. The second-order valence-electron chi connectivity index (χ2n) is 17.3. The molecule has 1 fully saturated rings. The molecule has 2 atom stereocenters. The second-order valence-corrected chi connectivity index (χ2v) is 22.3. The van der Waals surface area contributed by atoms with Crippen molar-refractivity contribution in [2.45, 2.75) is 115 Å². The van der Waals surface area contributed by atoms with Crippen LogP contribution in [0.5, 0.6) is 0 Å². The lowest BCUT2D eigenvalue weighted by Crippen LogP contribution is -2.47. The predicted molar refractivity (Wildman–Crippen MR) is 282 cm³/mol. The van der Waals surface area contributed by atoms with Crippen molar-refractivity contribution in [2.24, 2.45) is 0 Å². The van der Waals surface area contributed by atoms with Crippen LogP contribution in [0.4, 0.5) is 22.7 Å². The molecule has 0 radical (unpaired) electrons. The number of nitrogens with zero attached hydrogens (tertiary/aromatic N) is 6.